The lowest BCUT2D eigenvalue weighted by molar-refractivity contribution is 0.868. The summed E-state index contributed by atoms with van der Waals surface area (Å²) in [5.74, 6) is 0. The van der Waals surface area contributed by atoms with E-state index in [1.807, 2.05) is 60.7 Å². The average molecular weight is 275 g/mol. The molecule has 2 aromatic carbocycles. The molecule has 0 atom stereocenters. The Morgan fingerprint density at radius 3 is 2.24 bits per heavy atom. The maximum Gasteiger partial charge on any atom is 0.102 e. The second kappa shape index (κ2) is 8.34. The van der Waals surface area contributed by atoms with Crippen molar-refractivity contribution in [3.8, 4) is 6.07 Å². The summed E-state index contributed by atoms with van der Waals surface area (Å²) in [7, 11) is 0. The molecule has 0 saturated heterocycles. The SMILES string of the molecule is N#C/C(C=NCc1ccccc1)=C/NCc1ccccc1. The second-order valence-corrected chi connectivity index (χ2v) is 4.53. The Morgan fingerprint density at radius 2 is 1.62 bits per heavy atom. The van der Waals surface area contributed by atoms with Crippen LogP contribution in [0.1, 0.15) is 11.1 Å². The van der Waals surface area contributed by atoms with Crippen molar-refractivity contribution in [3.63, 3.8) is 0 Å². The summed E-state index contributed by atoms with van der Waals surface area (Å²) in [6.45, 7) is 1.27. The second-order valence-electron chi connectivity index (χ2n) is 4.53. The van der Waals surface area contributed by atoms with Crippen molar-refractivity contribution in [1.29, 1.82) is 5.26 Å². The topological polar surface area (TPSA) is 48.2 Å². The van der Waals surface area contributed by atoms with Crippen LogP contribution in [-0.4, -0.2) is 6.21 Å². The van der Waals surface area contributed by atoms with Gasteiger partial charge in [-0.2, -0.15) is 5.26 Å². The summed E-state index contributed by atoms with van der Waals surface area (Å²) in [5.41, 5.74) is 2.82. The lowest BCUT2D eigenvalue weighted by atomic mass is 10.2. The van der Waals surface area contributed by atoms with Crippen LogP contribution < -0.4 is 5.32 Å². The van der Waals surface area contributed by atoms with E-state index in [1.54, 1.807) is 12.4 Å². The molecule has 0 aliphatic carbocycles. The number of rotatable bonds is 6. The fourth-order valence-corrected chi connectivity index (χ4v) is 1.81. The molecule has 0 aliphatic heterocycles. The van der Waals surface area contributed by atoms with E-state index < -0.39 is 0 Å². The van der Waals surface area contributed by atoms with Crippen molar-refractivity contribution >= 4 is 6.21 Å². The molecule has 0 unspecified atom stereocenters. The highest BCUT2D eigenvalue weighted by atomic mass is 14.8. The molecule has 0 amide bonds. The van der Waals surface area contributed by atoms with Crippen LogP contribution in [0.25, 0.3) is 0 Å². The van der Waals surface area contributed by atoms with Gasteiger partial charge in [-0.25, -0.2) is 0 Å². The van der Waals surface area contributed by atoms with Gasteiger partial charge in [0, 0.05) is 19.0 Å². The van der Waals surface area contributed by atoms with Gasteiger partial charge in [0.15, 0.2) is 0 Å². The Kier molecular flexibility index (Phi) is 5.78. The molecule has 3 nitrogen and oxygen atoms in total. The molecular formula is C18H17N3. The fraction of sp³-hybridized carbons (Fsp3) is 0.111. The lowest BCUT2D eigenvalue weighted by Gasteiger charge is -2.00. The number of hydrogen-bond donors (Lipinski definition) is 1. The third-order valence-corrected chi connectivity index (χ3v) is 2.88. The van der Waals surface area contributed by atoms with Crippen LogP contribution in [0.2, 0.25) is 0 Å². The monoisotopic (exact) mass is 275 g/mol. The molecule has 0 aliphatic rings. The predicted molar refractivity (Wildman–Crippen MR) is 85.6 cm³/mol. The Hall–Kier alpha value is -2.86. The fourth-order valence-electron chi connectivity index (χ4n) is 1.81. The zero-order valence-corrected chi connectivity index (χ0v) is 11.7. The summed E-state index contributed by atoms with van der Waals surface area (Å²) >= 11 is 0. The van der Waals surface area contributed by atoms with E-state index in [0.717, 1.165) is 5.56 Å². The molecule has 0 radical (unpaired) electrons. The van der Waals surface area contributed by atoms with Gasteiger partial charge < -0.3 is 5.32 Å². The van der Waals surface area contributed by atoms with E-state index in [4.69, 9.17) is 5.26 Å². The van der Waals surface area contributed by atoms with Gasteiger partial charge in [0.1, 0.15) is 6.07 Å². The zero-order valence-electron chi connectivity index (χ0n) is 11.7. The van der Waals surface area contributed by atoms with E-state index in [9.17, 15) is 0 Å². The highest BCUT2D eigenvalue weighted by Gasteiger charge is 1.92. The van der Waals surface area contributed by atoms with Gasteiger partial charge in [-0.3, -0.25) is 4.99 Å². The van der Waals surface area contributed by atoms with Crippen molar-refractivity contribution in [2.24, 2.45) is 4.99 Å². The molecule has 0 heterocycles. The van der Waals surface area contributed by atoms with Crippen LogP contribution in [-0.2, 0) is 13.1 Å². The molecule has 0 aromatic heterocycles. The molecule has 0 spiro atoms. The summed E-state index contributed by atoms with van der Waals surface area (Å²) in [5, 5.41) is 12.2. The van der Waals surface area contributed by atoms with Crippen LogP contribution in [0.5, 0.6) is 0 Å². The van der Waals surface area contributed by atoms with E-state index in [2.05, 4.69) is 16.4 Å². The summed E-state index contributed by atoms with van der Waals surface area (Å²) in [4.78, 5) is 4.28. The van der Waals surface area contributed by atoms with Gasteiger partial charge in [0.2, 0.25) is 0 Å². The van der Waals surface area contributed by atoms with E-state index >= 15 is 0 Å². The first-order chi connectivity index (χ1) is 10.4. The average Bonchev–Trinajstić information content (AvgIpc) is 2.55. The molecule has 1 N–H and O–H groups in total. The third-order valence-electron chi connectivity index (χ3n) is 2.88. The molecule has 2 aromatic rings. The van der Waals surface area contributed by atoms with E-state index in [1.165, 1.54) is 5.56 Å². The number of benzene rings is 2. The highest BCUT2D eigenvalue weighted by molar-refractivity contribution is 5.83. The maximum atomic E-state index is 9.07. The lowest BCUT2D eigenvalue weighted by Crippen LogP contribution is -2.06. The first kappa shape index (κ1) is 14.5. The van der Waals surface area contributed by atoms with Gasteiger partial charge in [-0.05, 0) is 11.1 Å². The Balaban J connectivity index is 1.85. The predicted octanol–water partition coefficient (Wildman–Crippen LogP) is 3.45. The van der Waals surface area contributed by atoms with Crippen molar-refractivity contribution in [2.45, 2.75) is 13.1 Å². The van der Waals surface area contributed by atoms with Gasteiger partial charge in [-0.1, -0.05) is 60.7 Å². The van der Waals surface area contributed by atoms with Crippen LogP contribution in [0.3, 0.4) is 0 Å². The molecule has 0 saturated carbocycles. The Bertz CT molecular complexity index is 637. The van der Waals surface area contributed by atoms with Crippen LogP contribution >= 0.6 is 0 Å². The zero-order chi connectivity index (χ0) is 14.8. The smallest absolute Gasteiger partial charge is 0.102 e. The van der Waals surface area contributed by atoms with Crippen LogP contribution in [0.15, 0.2) is 77.4 Å². The first-order valence-corrected chi connectivity index (χ1v) is 6.80. The summed E-state index contributed by atoms with van der Waals surface area (Å²) in [6.07, 6.45) is 3.30. The number of nitrogens with one attached hydrogen (secondary N) is 1. The largest absolute Gasteiger partial charge is 0.386 e. The molecule has 104 valence electrons. The van der Waals surface area contributed by atoms with Crippen LogP contribution in [0, 0.1) is 11.3 Å². The standard InChI is InChI=1S/C18H17N3/c19-11-18(14-20-12-16-7-3-1-4-8-16)15-21-13-17-9-5-2-6-10-17/h1-10,14-15,20H,12-13H2/b18-14-,21-15?. The van der Waals surface area contributed by atoms with E-state index in [0.29, 0.717) is 18.7 Å². The van der Waals surface area contributed by atoms with E-state index in [-0.39, 0.29) is 0 Å². The molecule has 3 heteroatoms. The van der Waals surface area contributed by atoms with Crippen molar-refractivity contribution in [2.75, 3.05) is 0 Å². The maximum absolute atomic E-state index is 9.07. The summed E-state index contributed by atoms with van der Waals surface area (Å²) in [6, 6.07) is 22.1. The number of nitrogens with zero attached hydrogens (tertiary/aromatic N) is 2. The number of nitriles is 1. The van der Waals surface area contributed by atoms with Gasteiger partial charge in [0.05, 0.1) is 12.1 Å². The van der Waals surface area contributed by atoms with Crippen molar-refractivity contribution < 1.29 is 0 Å². The molecule has 2 rings (SSSR count). The first-order valence-electron chi connectivity index (χ1n) is 6.80. The van der Waals surface area contributed by atoms with Gasteiger partial charge in [0.25, 0.3) is 0 Å². The van der Waals surface area contributed by atoms with Crippen molar-refractivity contribution in [3.05, 3.63) is 83.6 Å². The quantitative estimate of drug-likeness (QED) is 0.648. The summed E-state index contributed by atoms with van der Waals surface area (Å²) < 4.78 is 0. The number of allylic oxidation sites excluding steroid dienone is 1. The minimum atomic E-state index is 0.516. The third kappa shape index (κ3) is 5.33. The van der Waals surface area contributed by atoms with Crippen molar-refractivity contribution in [1.82, 2.24) is 5.32 Å². The Morgan fingerprint density at radius 1 is 1.00 bits per heavy atom. The Labute approximate surface area is 125 Å². The molecule has 21 heavy (non-hydrogen) atoms. The number of aliphatic imine (C=N–C) groups is 1. The van der Waals surface area contributed by atoms with Gasteiger partial charge >= 0.3 is 0 Å². The normalized spacial score (nSPS) is 11.3. The minimum absolute atomic E-state index is 0.516. The van der Waals surface area contributed by atoms with Crippen LogP contribution in [0.4, 0.5) is 0 Å². The molecule has 0 fully saturated rings. The molecule has 0 bridgehead atoms. The van der Waals surface area contributed by atoms with Gasteiger partial charge in [-0.15, -0.1) is 0 Å². The highest BCUT2D eigenvalue weighted by Crippen LogP contribution is 2.00. The minimum Gasteiger partial charge on any atom is -0.386 e. The molecular weight excluding hydrogens is 258 g/mol. The number of hydrogen-bond acceptors (Lipinski definition) is 3.